The Kier molecular flexibility index (Phi) is 7.54. The van der Waals surface area contributed by atoms with Crippen LogP contribution in [0.25, 0.3) is 5.69 Å². The third kappa shape index (κ3) is 5.83. The van der Waals surface area contributed by atoms with Crippen LogP contribution in [0, 0.1) is 6.92 Å². The molecule has 0 saturated heterocycles. The number of carbonyl (C=O) groups is 2. The van der Waals surface area contributed by atoms with E-state index in [0.29, 0.717) is 22.2 Å². The summed E-state index contributed by atoms with van der Waals surface area (Å²) in [7, 11) is 0. The third-order valence-electron chi connectivity index (χ3n) is 5.27. The van der Waals surface area contributed by atoms with Gasteiger partial charge >= 0.3 is 6.18 Å². The fourth-order valence-electron chi connectivity index (χ4n) is 3.56. The van der Waals surface area contributed by atoms with E-state index in [4.69, 9.17) is 0 Å². The number of thioether (sulfide) groups is 1. The van der Waals surface area contributed by atoms with Gasteiger partial charge in [0.1, 0.15) is 0 Å². The molecule has 36 heavy (non-hydrogen) atoms. The van der Waals surface area contributed by atoms with Crippen LogP contribution in [-0.2, 0) is 12.7 Å². The van der Waals surface area contributed by atoms with Crippen molar-refractivity contribution in [1.82, 2.24) is 20.1 Å². The average molecular weight is 511 g/mol. The average Bonchev–Trinajstić information content (AvgIpc) is 3.28. The van der Waals surface area contributed by atoms with Gasteiger partial charge in [-0.15, -0.1) is 10.2 Å². The van der Waals surface area contributed by atoms with Crippen LogP contribution in [-0.4, -0.2) is 32.2 Å². The first-order valence-electron chi connectivity index (χ1n) is 10.9. The number of ketones is 1. The van der Waals surface area contributed by atoms with Crippen LogP contribution in [0.4, 0.5) is 13.2 Å². The van der Waals surface area contributed by atoms with E-state index in [1.165, 1.54) is 23.9 Å². The molecule has 0 aliphatic heterocycles. The molecule has 6 nitrogen and oxygen atoms in total. The van der Waals surface area contributed by atoms with Crippen molar-refractivity contribution >= 4 is 23.5 Å². The lowest BCUT2D eigenvalue weighted by Crippen LogP contribution is -2.27. The van der Waals surface area contributed by atoms with Crippen molar-refractivity contribution in [2.75, 3.05) is 5.75 Å². The van der Waals surface area contributed by atoms with Gasteiger partial charge in [0.2, 0.25) is 0 Å². The first-order chi connectivity index (χ1) is 17.2. The first kappa shape index (κ1) is 25.2. The number of Topliss-reactive ketones (excluding diaryl/α,β-unsaturated/α-hetero) is 1. The molecule has 0 unspecified atom stereocenters. The standard InChI is InChI=1S/C26H21F3N4O2S/c1-17-8-7-11-19(14-17)33-23(15-30-24(35)20-12-5-6-13-21(20)26(27,28)29)31-32-25(33)36-16-22(34)18-9-3-2-4-10-18/h2-14H,15-16H2,1H3,(H,30,35). The van der Waals surface area contributed by atoms with Gasteiger partial charge in [-0.1, -0.05) is 66.4 Å². The summed E-state index contributed by atoms with van der Waals surface area (Å²) in [6, 6.07) is 20.9. The molecule has 1 heterocycles. The van der Waals surface area contributed by atoms with Gasteiger partial charge in [-0.3, -0.25) is 14.2 Å². The number of amides is 1. The quantitative estimate of drug-likeness (QED) is 0.250. The number of aromatic nitrogens is 3. The van der Waals surface area contributed by atoms with Gasteiger partial charge in [0.05, 0.1) is 23.4 Å². The lowest BCUT2D eigenvalue weighted by Gasteiger charge is -2.14. The summed E-state index contributed by atoms with van der Waals surface area (Å²) < 4.78 is 41.7. The summed E-state index contributed by atoms with van der Waals surface area (Å²) in [5.41, 5.74) is 0.747. The van der Waals surface area contributed by atoms with Crippen LogP contribution in [0.3, 0.4) is 0 Å². The minimum absolute atomic E-state index is 0.0852. The molecule has 0 bridgehead atoms. The van der Waals surface area contributed by atoms with Crippen molar-refractivity contribution in [3.05, 3.63) is 107 Å². The molecule has 1 N–H and O–H groups in total. The molecular formula is C26H21F3N4O2S. The predicted molar refractivity (Wildman–Crippen MR) is 130 cm³/mol. The highest BCUT2D eigenvalue weighted by atomic mass is 32.2. The largest absolute Gasteiger partial charge is 0.417 e. The molecule has 0 radical (unpaired) electrons. The second kappa shape index (κ2) is 10.8. The normalized spacial score (nSPS) is 11.3. The number of nitrogens with one attached hydrogen (secondary N) is 1. The van der Waals surface area contributed by atoms with E-state index in [2.05, 4.69) is 15.5 Å². The van der Waals surface area contributed by atoms with Gasteiger partial charge in [-0.2, -0.15) is 13.2 Å². The zero-order chi connectivity index (χ0) is 25.7. The summed E-state index contributed by atoms with van der Waals surface area (Å²) in [5, 5.41) is 11.3. The maximum atomic E-state index is 13.3. The van der Waals surface area contributed by atoms with Crippen LogP contribution < -0.4 is 5.32 Å². The highest BCUT2D eigenvalue weighted by Crippen LogP contribution is 2.32. The minimum Gasteiger partial charge on any atom is -0.345 e. The number of carbonyl (C=O) groups excluding carboxylic acids is 2. The van der Waals surface area contributed by atoms with Gasteiger partial charge in [0.25, 0.3) is 5.91 Å². The Bertz CT molecular complexity index is 1390. The second-order valence-corrected chi connectivity index (χ2v) is 8.82. The van der Waals surface area contributed by atoms with E-state index in [0.717, 1.165) is 17.7 Å². The van der Waals surface area contributed by atoms with Gasteiger partial charge in [0.15, 0.2) is 16.8 Å². The summed E-state index contributed by atoms with van der Waals surface area (Å²) in [5.74, 6) is -0.541. The fraction of sp³-hybridized carbons (Fsp3) is 0.154. The first-order valence-corrected chi connectivity index (χ1v) is 11.9. The van der Waals surface area contributed by atoms with E-state index >= 15 is 0 Å². The number of nitrogens with zero attached hydrogens (tertiary/aromatic N) is 3. The number of rotatable bonds is 8. The zero-order valence-electron chi connectivity index (χ0n) is 19.1. The fourth-order valence-corrected chi connectivity index (χ4v) is 4.42. The summed E-state index contributed by atoms with van der Waals surface area (Å²) in [4.78, 5) is 25.2. The smallest absolute Gasteiger partial charge is 0.345 e. The van der Waals surface area contributed by atoms with Crippen molar-refractivity contribution in [3.8, 4) is 5.69 Å². The minimum atomic E-state index is -4.66. The van der Waals surface area contributed by atoms with E-state index in [1.807, 2.05) is 37.3 Å². The molecule has 4 aromatic rings. The summed E-state index contributed by atoms with van der Waals surface area (Å²) in [6.07, 6.45) is -4.66. The van der Waals surface area contributed by atoms with E-state index < -0.39 is 23.2 Å². The number of hydrogen-bond donors (Lipinski definition) is 1. The molecule has 0 atom stereocenters. The van der Waals surface area contributed by atoms with Crippen LogP contribution >= 0.6 is 11.8 Å². The Labute approximate surface area is 209 Å². The van der Waals surface area contributed by atoms with Crippen LogP contribution in [0.2, 0.25) is 0 Å². The molecular weight excluding hydrogens is 489 g/mol. The summed E-state index contributed by atoms with van der Waals surface area (Å²) >= 11 is 1.19. The molecule has 4 rings (SSSR count). The molecule has 3 aromatic carbocycles. The highest BCUT2D eigenvalue weighted by molar-refractivity contribution is 7.99. The van der Waals surface area contributed by atoms with Crippen LogP contribution in [0.5, 0.6) is 0 Å². The molecule has 0 spiro atoms. The number of benzene rings is 3. The predicted octanol–water partition coefficient (Wildman–Crippen LogP) is 5.50. The third-order valence-corrected chi connectivity index (χ3v) is 6.20. The highest BCUT2D eigenvalue weighted by Gasteiger charge is 2.34. The molecule has 1 aromatic heterocycles. The lowest BCUT2D eigenvalue weighted by molar-refractivity contribution is -0.137. The summed E-state index contributed by atoms with van der Waals surface area (Å²) in [6.45, 7) is 1.74. The molecule has 10 heteroatoms. The van der Waals surface area contributed by atoms with Gasteiger partial charge < -0.3 is 5.32 Å². The van der Waals surface area contributed by atoms with E-state index in [-0.39, 0.29) is 18.1 Å². The van der Waals surface area contributed by atoms with Crippen molar-refractivity contribution in [2.24, 2.45) is 0 Å². The van der Waals surface area contributed by atoms with Gasteiger partial charge in [0, 0.05) is 11.3 Å². The number of halogens is 3. The SMILES string of the molecule is Cc1cccc(-n2c(CNC(=O)c3ccccc3C(F)(F)F)nnc2SCC(=O)c2ccccc2)c1. The number of hydrogen-bond acceptors (Lipinski definition) is 5. The zero-order valence-corrected chi connectivity index (χ0v) is 19.9. The van der Waals surface area contributed by atoms with E-state index in [9.17, 15) is 22.8 Å². The molecule has 0 fully saturated rings. The molecule has 0 saturated carbocycles. The Hall–Kier alpha value is -3.92. The molecule has 0 aliphatic carbocycles. The monoisotopic (exact) mass is 510 g/mol. The molecule has 184 valence electrons. The van der Waals surface area contributed by atoms with Gasteiger partial charge in [-0.25, -0.2) is 0 Å². The Balaban J connectivity index is 1.58. The van der Waals surface area contributed by atoms with Crippen molar-refractivity contribution < 1.29 is 22.8 Å². The number of alkyl halides is 3. The molecule has 0 aliphatic rings. The van der Waals surface area contributed by atoms with Gasteiger partial charge in [-0.05, 0) is 36.8 Å². The second-order valence-electron chi connectivity index (χ2n) is 7.88. The van der Waals surface area contributed by atoms with E-state index in [1.54, 1.807) is 28.8 Å². The van der Waals surface area contributed by atoms with Crippen molar-refractivity contribution in [3.63, 3.8) is 0 Å². The number of aryl methyl sites for hydroxylation is 1. The maximum absolute atomic E-state index is 13.3. The Morgan fingerprint density at radius 1 is 0.944 bits per heavy atom. The topological polar surface area (TPSA) is 76.9 Å². The molecule has 1 amide bonds. The van der Waals surface area contributed by atoms with Crippen molar-refractivity contribution in [1.29, 1.82) is 0 Å². The maximum Gasteiger partial charge on any atom is 0.417 e. The van der Waals surface area contributed by atoms with Crippen molar-refractivity contribution in [2.45, 2.75) is 24.8 Å². The van der Waals surface area contributed by atoms with Crippen LogP contribution in [0.15, 0.2) is 84.0 Å². The Morgan fingerprint density at radius 3 is 2.39 bits per heavy atom. The van der Waals surface area contributed by atoms with Crippen LogP contribution in [0.1, 0.15) is 37.7 Å². The Morgan fingerprint density at radius 2 is 1.67 bits per heavy atom. The lowest BCUT2D eigenvalue weighted by atomic mass is 10.1.